The Morgan fingerprint density at radius 2 is 2.16 bits per heavy atom. The van der Waals surface area contributed by atoms with Crippen molar-refractivity contribution in [3.05, 3.63) is 76.8 Å². The normalized spacial score (nSPS) is 20.5. The van der Waals surface area contributed by atoms with Crippen molar-refractivity contribution in [1.82, 2.24) is 9.55 Å². The zero-order valence-electron chi connectivity index (χ0n) is 16.8. The van der Waals surface area contributed by atoms with Crippen LogP contribution in [0.5, 0.6) is 5.75 Å². The summed E-state index contributed by atoms with van der Waals surface area (Å²) in [5.41, 5.74) is 1.27. The van der Waals surface area contributed by atoms with Crippen LogP contribution in [0, 0.1) is 0 Å². The van der Waals surface area contributed by atoms with Gasteiger partial charge >= 0.3 is 0 Å². The number of halogens is 2. The molecule has 1 aliphatic heterocycles. The molecule has 0 bridgehead atoms. The van der Waals surface area contributed by atoms with Crippen LogP contribution in [0.25, 0.3) is 0 Å². The van der Waals surface area contributed by atoms with E-state index in [1.807, 2.05) is 22.9 Å². The van der Waals surface area contributed by atoms with Gasteiger partial charge in [-0.25, -0.2) is 4.98 Å². The van der Waals surface area contributed by atoms with Gasteiger partial charge in [0.05, 0.1) is 30.2 Å². The maximum Gasteiger partial charge on any atom is 0.221 e. The zero-order chi connectivity index (χ0) is 21.8. The number of carbonyl (C=O) groups is 1. The molecule has 2 atom stereocenters. The number of nitrogens with zero attached hydrogens (tertiary/aromatic N) is 2. The monoisotopic (exact) mass is 461 g/mol. The second-order valence-corrected chi connectivity index (χ2v) is 7.99. The maximum absolute atomic E-state index is 11.4. The number of benzene rings is 2. The van der Waals surface area contributed by atoms with Gasteiger partial charge in [-0.05, 0) is 24.3 Å². The molecule has 2 unspecified atom stereocenters. The second kappa shape index (κ2) is 9.28. The number of hydrogen-bond acceptors (Lipinski definition) is 5. The van der Waals surface area contributed by atoms with Gasteiger partial charge in [0.2, 0.25) is 11.7 Å². The summed E-state index contributed by atoms with van der Waals surface area (Å²) >= 11 is 12.6. The molecule has 3 aromatic rings. The van der Waals surface area contributed by atoms with Gasteiger partial charge in [0, 0.05) is 29.9 Å². The van der Waals surface area contributed by atoms with E-state index in [9.17, 15) is 4.79 Å². The fourth-order valence-electron chi connectivity index (χ4n) is 3.44. The number of aromatic nitrogens is 2. The quantitative estimate of drug-likeness (QED) is 0.560. The van der Waals surface area contributed by atoms with Crippen LogP contribution in [-0.4, -0.2) is 34.8 Å². The van der Waals surface area contributed by atoms with Crippen LogP contribution >= 0.6 is 23.2 Å². The van der Waals surface area contributed by atoms with Crippen molar-refractivity contribution in [2.24, 2.45) is 0 Å². The number of ether oxygens (including phenoxy) is 3. The van der Waals surface area contributed by atoms with Crippen LogP contribution in [-0.2, 0) is 26.6 Å². The number of para-hydroxylation sites is 2. The molecule has 162 valence electrons. The Morgan fingerprint density at radius 1 is 1.32 bits per heavy atom. The molecule has 4 rings (SSSR count). The van der Waals surface area contributed by atoms with Crippen molar-refractivity contribution in [3.63, 3.8) is 0 Å². The molecule has 2 aromatic carbocycles. The first-order chi connectivity index (χ1) is 14.9. The summed E-state index contributed by atoms with van der Waals surface area (Å²) in [5, 5.41) is 3.73. The molecule has 2 heterocycles. The van der Waals surface area contributed by atoms with Crippen molar-refractivity contribution in [1.29, 1.82) is 0 Å². The van der Waals surface area contributed by atoms with Crippen molar-refractivity contribution in [3.8, 4) is 5.75 Å². The summed E-state index contributed by atoms with van der Waals surface area (Å²) < 4.78 is 20.3. The zero-order valence-corrected chi connectivity index (χ0v) is 18.3. The summed E-state index contributed by atoms with van der Waals surface area (Å²) in [6.07, 6.45) is 4.84. The van der Waals surface area contributed by atoms with Crippen molar-refractivity contribution in [2.45, 2.75) is 25.4 Å². The van der Waals surface area contributed by atoms with E-state index in [-0.39, 0.29) is 18.6 Å². The molecule has 1 aliphatic rings. The Bertz CT molecular complexity index is 1060. The highest BCUT2D eigenvalue weighted by Gasteiger charge is 2.45. The Labute approximate surface area is 189 Å². The van der Waals surface area contributed by atoms with Gasteiger partial charge < -0.3 is 24.1 Å². The van der Waals surface area contributed by atoms with E-state index in [1.165, 1.54) is 6.92 Å². The molecular weight excluding hydrogens is 441 g/mol. The Hall–Kier alpha value is -2.58. The van der Waals surface area contributed by atoms with E-state index in [2.05, 4.69) is 10.3 Å². The maximum atomic E-state index is 11.4. The van der Waals surface area contributed by atoms with Crippen LogP contribution in [0.3, 0.4) is 0 Å². The first-order valence-electron chi connectivity index (χ1n) is 9.68. The number of hydrogen-bond donors (Lipinski definition) is 1. The average Bonchev–Trinajstić information content (AvgIpc) is 3.38. The predicted octanol–water partition coefficient (Wildman–Crippen LogP) is 4.50. The summed E-state index contributed by atoms with van der Waals surface area (Å²) in [5.74, 6) is -0.737. The molecule has 0 aliphatic carbocycles. The molecule has 0 saturated carbocycles. The summed E-state index contributed by atoms with van der Waals surface area (Å²) in [4.78, 5) is 15.5. The summed E-state index contributed by atoms with van der Waals surface area (Å²) in [6.45, 7) is 2.34. The van der Waals surface area contributed by atoms with E-state index >= 15 is 0 Å². The number of nitrogens with one attached hydrogen (secondary N) is 1. The number of carbonyl (C=O) groups excluding carboxylic acids is 1. The van der Waals surface area contributed by atoms with Gasteiger partial charge in [-0.1, -0.05) is 41.4 Å². The molecule has 1 aromatic heterocycles. The van der Waals surface area contributed by atoms with Crippen molar-refractivity contribution >= 4 is 34.8 Å². The van der Waals surface area contributed by atoms with E-state index in [0.29, 0.717) is 40.2 Å². The van der Waals surface area contributed by atoms with Gasteiger partial charge in [-0.15, -0.1) is 0 Å². The lowest BCUT2D eigenvalue weighted by Crippen LogP contribution is -2.34. The SMILES string of the molecule is CC(=O)Nc1ccccc1OCC1COC(Cn2ccnc2)(c2ccc(Cl)cc2Cl)O1. The molecule has 7 nitrogen and oxygen atoms in total. The van der Waals surface area contributed by atoms with Gasteiger partial charge in [0.25, 0.3) is 0 Å². The number of rotatable bonds is 7. The minimum absolute atomic E-state index is 0.173. The highest BCUT2D eigenvalue weighted by molar-refractivity contribution is 6.35. The highest BCUT2D eigenvalue weighted by atomic mass is 35.5. The van der Waals surface area contributed by atoms with E-state index in [1.54, 1.807) is 42.9 Å². The fraction of sp³-hybridized carbons (Fsp3) is 0.273. The van der Waals surface area contributed by atoms with Gasteiger partial charge in [-0.2, -0.15) is 0 Å². The highest BCUT2D eigenvalue weighted by Crippen LogP contribution is 2.40. The van der Waals surface area contributed by atoms with E-state index in [0.717, 1.165) is 0 Å². The Balaban J connectivity index is 1.53. The third-order valence-corrected chi connectivity index (χ3v) is 5.32. The van der Waals surface area contributed by atoms with Crippen LogP contribution in [0.4, 0.5) is 5.69 Å². The first-order valence-corrected chi connectivity index (χ1v) is 10.4. The van der Waals surface area contributed by atoms with Crippen LogP contribution < -0.4 is 10.1 Å². The smallest absolute Gasteiger partial charge is 0.221 e. The third kappa shape index (κ3) is 5.02. The van der Waals surface area contributed by atoms with E-state index < -0.39 is 5.79 Å². The lowest BCUT2D eigenvalue weighted by atomic mass is 10.1. The minimum atomic E-state index is -1.12. The molecule has 1 saturated heterocycles. The lowest BCUT2D eigenvalue weighted by Gasteiger charge is -2.30. The summed E-state index contributed by atoms with van der Waals surface area (Å²) in [7, 11) is 0. The Morgan fingerprint density at radius 3 is 2.90 bits per heavy atom. The average molecular weight is 462 g/mol. The molecule has 1 amide bonds. The number of anilines is 1. The molecule has 9 heteroatoms. The Kier molecular flexibility index (Phi) is 6.48. The number of imidazole rings is 1. The molecule has 0 spiro atoms. The third-order valence-electron chi connectivity index (χ3n) is 4.77. The topological polar surface area (TPSA) is 74.6 Å². The molecule has 1 fully saturated rings. The molecule has 0 radical (unpaired) electrons. The molecule has 31 heavy (non-hydrogen) atoms. The second-order valence-electron chi connectivity index (χ2n) is 7.15. The summed E-state index contributed by atoms with van der Waals surface area (Å²) in [6, 6.07) is 12.4. The fourth-order valence-corrected chi connectivity index (χ4v) is 4.00. The number of amides is 1. The largest absolute Gasteiger partial charge is 0.489 e. The van der Waals surface area contributed by atoms with Gasteiger partial charge in [0.15, 0.2) is 0 Å². The van der Waals surface area contributed by atoms with Crippen LogP contribution in [0.1, 0.15) is 12.5 Å². The minimum Gasteiger partial charge on any atom is -0.489 e. The standard InChI is InChI=1S/C22H21Cl2N3O4/c1-15(28)26-20-4-2-3-5-21(20)29-11-17-12-30-22(31-17,13-27-9-8-25-14-27)18-7-6-16(23)10-19(18)24/h2-10,14,17H,11-13H2,1H3,(H,26,28). The van der Waals surface area contributed by atoms with Gasteiger partial charge in [0.1, 0.15) is 18.5 Å². The van der Waals surface area contributed by atoms with Crippen molar-refractivity contribution in [2.75, 3.05) is 18.5 Å². The first kappa shape index (κ1) is 21.6. The van der Waals surface area contributed by atoms with Gasteiger partial charge in [-0.3, -0.25) is 4.79 Å². The van der Waals surface area contributed by atoms with E-state index in [4.69, 9.17) is 37.4 Å². The molecule has 1 N–H and O–H groups in total. The predicted molar refractivity (Wildman–Crippen MR) is 117 cm³/mol. The van der Waals surface area contributed by atoms with Crippen LogP contribution in [0.15, 0.2) is 61.2 Å². The van der Waals surface area contributed by atoms with Crippen LogP contribution in [0.2, 0.25) is 10.0 Å². The molecular formula is C22H21Cl2N3O4. The van der Waals surface area contributed by atoms with Crippen molar-refractivity contribution < 1.29 is 19.0 Å². The lowest BCUT2D eigenvalue weighted by molar-refractivity contribution is -0.189.